The van der Waals surface area contributed by atoms with Gasteiger partial charge in [-0.05, 0) is 37.1 Å². The third kappa shape index (κ3) is 2.85. The van der Waals surface area contributed by atoms with Gasteiger partial charge in [-0.15, -0.1) is 11.7 Å². The fraction of sp³-hybridized carbons (Fsp3) is 0.143. The number of hydrogen-bond acceptors (Lipinski definition) is 4. The minimum Gasteiger partial charge on any atom is -0.437 e. The van der Waals surface area contributed by atoms with E-state index in [9.17, 15) is 0 Å². The van der Waals surface area contributed by atoms with Crippen LogP contribution in [0.1, 0.15) is 11.1 Å². The van der Waals surface area contributed by atoms with E-state index in [-0.39, 0.29) is 0 Å². The zero-order valence-electron chi connectivity index (χ0n) is 10.3. The topological polar surface area (TPSA) is 61.0 Å². The van der Waals surface area contributed by atoms with Crippen molar-refractivity contribution in [2.75, 3.05) is 5.73 Å². The fourth-order valence-electron chi connectivity index (χ4n) is 1.61. The molecule has 0 radical (unpaired) electrons. The van der Waals surface area contributed by atoms with E-state index in [0.717, 1.165) is 16.9 Å². The number of aromatic nitrogens is 2. The summed E-state index contributed by atoms with van der Waals surface area (Å²) in [6, 6.07) is 7.34. The highest BCUT2D eigenvalue weighted by Gasteiger charge is 2.06. The second-order valence-corrected chi connectivity index (χ2v) is 4.03. The fourth-order valence-corrected chi connectivity index (χ4v) is 1.61. The van der Waals surface area contributed by atoms with Crippen LogP contribution >= 0.6 is 0 Å². The van der Waals surface area contributed by atoms with Crippen LogP contribution in [-0.4, -0.2) is 10.2 Å². The SMILES string of the molecule is C=CCc1cc(N)ccc1Oc1cc(C)cnn1. The molecule has 0 unspecified atom stereocenters. The summed E-state index contributed by atoms with van der Waals surface area (Å²) in [6.45, 7) is 5.66. The molecule has 2 aromatic rings. The number of benzene rings is 1. The Morgan fingerprint density at radius 3 is 2.94 bits per heavy atom. The highest BCUT2D eigenvalue weighted by molar-refractivity contribution is 5.49. The normalized spacial score (nSPS) is 10.1. The molecule has 0 saturated carbocycles. The van der Waals surface area contributed by atoms with E-state index in [1.807, 2.05) is 31.2 Å². The first-order valence-corrected chi connectivity index (χ1v) is 5.65. The van der Waals surface area contributed by atoms with Gasteiger partial charge in [0.05, 0.1) is 6.20 Å². The van der Waals surface area contributed by atoms with Crippen LogP contribution in [0.2, 0.25) is 0 Å². The number of nitrogens with two attached hydrogens (primary N) is 1. The largest absolute Gasteiger partial charge is 0.437 e. The minimum atomic E-state index is 0.477. The monoisotopic (exact) mass is 241 g/mol. The molecule has 0 spiro atoms. The second kappa shape index (κ2) is 5.31. The second-order valence-electron chi connectivity index (χ2n) is 4.03. The summed E-state index contributed by atoms with van der Waals surface area (Å²) in [5.41, 5.74) is 8.44. The summed E-state index contributed by atoms with van der Waals surface area (Å²) in [7, 11) is 0. The molecule has 1 aromatic heterocycles. The van der Waals surface area contributed by atoms with Crippen molar-refractivity contribution in [3.63, 3.8) is 0 Å². The zero-order chi connectivity index (χ0) is 13.0. The number of hydrogen-bond donors (Lipinski definition) is 1. The number of allylic oxidation sites excluding steroid dienone is 1. The molecule has 0 fully saturated rings. The third-order valence-corrected chi connectivity index (χ3v) is 2.43. The minimum absolute atomic E-state index is 0.477. The van der Waals surface area contributed by atoms with Gasteiger partial charge in [-0.2, -0.15) is 5.10 Å². The van der Waals surface area contributed by atoms with Crippen molar-refractivity contribution in [3.8, 4) is 11.6 Å². The molecule has 2 N–H and O–H groups in total. The summed E-state index contributed by atoms with van der Waals surface area (Å²) in [4.78, 5) is 0. The van der Waals surface area contributed by atoms with Crippen molar-refractivity contribution in [2.45, 2.75) is 13.3 Å². The molecule has 0 aliphatic rings. The first-order chi connectivity index (χ1) is 8.69. The Labute approximate surface area is 106 Å². The standard InChI is InChI=1S/C14H15N3O/c1-3-4-11-8-12(15)5-6-13(11)18-14-7-10(2)9-16-17-14/h3,5-9H,1,4,15H2,2H3. The van der Waals surface area contributed by atoms with Crippen molar-refractivity contribution < 1.29 is 4.74 Å². The zero-order valence-corrected chi connectivity index (χ0v) is 10.3. The smallest absolute Gasteiger partial charge is 0.239 e. The molecule has 0 atom stereocenters. The Hall–Kier alpha value is -2.36. The molecular formula is C14H15N3O. The van der Waals surface area contributed by atoms with Crippen molar-refractivity contribution in [2.24, 2.45) is 0 Å². The lowest BCUT2D eigenvalue weighted by Crippen LogP contribution is -1.96. The first-order valence-electron chi connectivity index (χ1n) is 5.65. The van der Waals surface area contributed by atoms with Crippen LogP contribution in [0.3, 0.4) is 0 Å². The van der Waals surface area contributed by atoms with Crippen molar-refractivity contribution in [3.05, 3.63) is 54.2 Å². The highest BCUT2D eigenvalue weighted by atomic mass is 16.5. The molecule has 18 heavy (non-hydrogen) atoms. The quantitative estimate of drug-likeness (QED) is 0.660. The number of anilines is 1. The highest BCUT2D eigenvalue weighted by Crippen LogP contribution is 2.26. The lowest BCUT2D eigenvalue weighted by Gasteiger charge is -2.09. The maximum atomic E-state index is 5.76. The van der Waals surface area contributed by atoms with Gasteiger partial charge in [0.1, 0.15) is 5.75 Å². The maximum absolute atomic E-state index is 5.76. The van der Waals surface area contributed by atoms with Crippen LogP contribution in [0.25, 0.3) is 0 Å². The van der Waals surface area contributed by atoms with Crippen LogP contribution in [0.5, 0.6) is 11.6 Å². The van der Waals surface area contributed by atoms with E-state index in [4.69, 9.17) is 10.5 Å². The summed E-state index contributed by atoms with van der Waals surface area (Å²) in [5.74, 6) is 1.20. The summed E-state index contributed by atoms with van der Waals surface area (Å²) >= 11 is 0. The predicted octanol–water partition coefficient (Wildman–Crippen LogP) is 2.89. The molecule has 0 aliphatic carbocycles. The Kier molecular flexibility index (Phi) is 3.57. The molecule has 4 heteroatoms. The van der Waals surface area contributed by atoms with Gasteiger partial charge in [-0.3, -0.25) is 0 Å². The molecule has 0 amide bonds. The summed E-state index contributed by atoms with van der Waals surface area (Å²) < 4.78 is 5.72. The van der Waals surface area contributed by atoms with Crippen molar-refractivity contribution in [1.29, 1.82) is 0 Å². The van der Waals surface area contributed by atoms with Gasteiger partial charge in [0, 0.05) is 17.3 Å². The predicted molar refractivity (Wildman–Crippen MR) is 71.6 cm³/mol. The average Bonchev–Trinajstić information content (AvgIpc) is 2.33. The average molecular weight is 241 g/mol. The lowest BCUT2D eigenvalue weighted by atomic mass is 10.1. The molecule has 0 saturated heterocycles. The maximum Gasteiger partial charge on any atom is 0.239 e. The molecule has 4 nitrogen and oxygen atoms in total. The first kappa shape index (κ1) is 12.1. The molecular weight excluding hydrogens is 226 g/mol. The summed E-state index contributed by atoms with van der Waals surface area (Å²) in [6.07, 6.45) is 4.18. The molecule has 0 bridgehead atoms. The van der Waals surface area contributed by atoms with E-state index >= 15 is 0 Å². The van der Waals surface area contributed by atoms with E-state index in [2.05, 4.69) is 16.8 Å². The van der Waals surface area contributed by atoms with Gasteiger partial charge < -0.3 is 10.5 Å². The van der Waals surface area contributed by atoms with Gasteiger partial charge in [0.25, 0.3) is 0 Å². The van der Waals surface area contributed by atoms with Crippen molar-refractivity contribution in [1.82, 2.24) is 10.2 Å². The van der Waals surface area contributed by atoms with Crippen LogP contribution in [0.15, 0.2) is 43.1 Å². The number of ether oxygens (including phenoxy) is 1. The van der Waals surface area contributed by atoms with E-state index in [1.54, 1.807) is 12.3 Å². The van der Waals surface area contributed by atoms with Gasteiger partial charge in [0.15, 0.2) is 0 Å². The Bertz CT molecular complexity index is 567. The Balaban J connectivity index is 2.30. The molecule has 2 rings (SSSR count). The molecule has 92 valence electrons. The molecule has 0 aliphatic heterocycles. The van der Waals surface area contributed by atoms with Crippen LogP contribution < -0.4 is 10.5 Å². The third-order valence-electron chi connectivity index (χ3n) is 2.43. The number of aryl methyl sites for hydroxylation is 1. The van der Waals surface area contributed by atoms with E-state index < -0.39 is 0 Å². The van der Waals surface area contributed by atoms with Gasteiger partial charge in [-0.25, -0.2) is 0 Å². The van der Waals surface area contributed by atoms with Crippen LogP contribution in [0, 0.1) is 6.92 Å². The van der Waals surface area contributed by atoms with Crippen molar-refractivity contribution >= 4 is 5.69 Å². The number of rotatable bonds is 4. The number of nitrogen functional groups attached to an aromatic ring is 1. The summed E-state index contributed by atoms with van der Waals surface area (Å²) in [5, 5.41) is 7.78. The molecule has 1 heterocycles. The molecule has 1 aromatic carbocycles. The van der Waals surface area contributed by atoms with Gasteiger partial charge in [-0.1, -0.05) is 6.08 Å². The van der Waals surface area contributed by atoms with Gasteiger partial charge >= 0.3 is 0 Å². The van der Waals surface area contributed by atoms with Gasteiger partial charge in [0.2, 0.25) is 5.88 Å². The van der Waals surface area contributed by atoms with Crippen LogP contribution in [0.4, 0.5) is 5.69 Å². The lowest BCUT2D eigenvalue weighted by molar-refractivity contribution is 0.450. The van der Waals surface area contributed by atoms with E-state index in [1.165, 1.54) is 0 Å². The number of nitrogens with zero attached hydrogens (tertiary/aromatic N) is 2. The van der Waals surface area contributed by atoms with Crippen LogP contribution in [-0.2, 0) is 6.42 Å². The Morgan fingerprint density at radius 1 is 1.39 bits per heavy atom. The Morgan fingerprint density at radius 2 is 2.22 bits per heavy atom. The van der Waals surface area contributed by atoms with E-state index in [0.29, 0.717) is 18.0 Å².